The van der Waals surface area contributed by atoms with Crippen molar-refractivity contribution in [3.05, 3.63) is 0 Å². The Morgan fingerprint density at radius 3 is 1.92 bits per heavy atom. The van der Waals surface area contributed by atoms with E-state index in [2.05, 4.69) is 0 Å². The van der Waals surface area contributed by atoms with Crippen LogP contribution in [0.1, 0.15) is 6.42 Å². The van der Waals surface area contributed by atoms with E-state index in [0.717, 1.165) is 0 Å². The highest BCUT2D eigenvalue weighted by Crippen LogP contribution is 2.13. The van der Waals surface area contributed by atoms with Gasteiger partial charge in [-0.25, -0.2) is 0 Å². The Morgan fingerprint density at radius 2 is 1.62 bits per heavy atom. The van der Waals surface area contributed by atoms with Gasteiger partial charge >= 0.3 is 0 Å². The van der Waals surface area contributed by atoms with E-state index in [-0.39, 0.29) is 6.54 Å². The minimum Gasteiger partial charge on any atom is -0.389 e. The zero-order valence-electron chi connectivity index (χ0n) is 7.04. The van der Waals surface area contributed by atoms with Gasteiger partial charge in [-0.05, 0) is 0 Å². The van der Waals surface area contributed by atoms with Crippen molar-refractivity contribution in [3.8, 4) is 0 Å². The van der Waals surface area contributed by atoms with Crippen LogP contribution in [-0.4, -0.2) is 56.3 Å². The Balaban J connectivity index is 4.25. The molecule has 0 saturated carbocycles. The van der Waals surface area contributed by atoms with Crippen LogP contribution in [0.2, 0.25) is 0 Å². The second kappa shape index (κ2) is 4.82. The molecule has 3 atom stereocenters. The minimum atomic E-state index is -2.27. The highest BCUT2D eigenvalue weighted by Gasteiger charge is 2.37. The number of hydrogen-bond acceptors (Lipinski definition) is 7. The van der Waals surface area contributed by atoms with E-state index in [9.17, 15) is 5.11 Å². The molecule has 0 radical (unpaired) electrons. The first-order valence-corrected chi connectivity index (χ1v) is 3.75. The van der Waals surface area contributed by atoms with Gasteiger partial charge in [0.15, 0.2) is 6.29 Å². The normalized spacial score (nSPS) is 21.2. The first kappa shape index (κ1) is 12.7. The molecule has 0 bridgehead atoms. The molecule has 3 unspecified atom stereocenters. The van der Waals surface area contributed by atoms with Crippen molar-refractivity contribution >= 4 is 0 Å². The van der Waals surface area contributed by atoms with Gasteiger partial charge in [-0.1, -0.05) is 0 Å². The molecule has 0 rings (SSSR count). The van der Waals surface area contributed by atoms with Crippen LogP contribution in [0.15, 0.2) is 0 Å². The summed E-state index contributed by atoms with van der Waals surface area (Å²) < 4.78 is 0. The average Bonchev–Trinajstić information content (AvgIpc) is 1.99. The lowest BCUT2D eigenvalue weighted by Gasteiger charge is -2.31. The van der Waals surface area contributed by atoms with Gasteiger partial charge in [0.05, 0.1) is 6.10 Å². The summed E-state index contributed by atoms with van der Waals surface area (Å²) >= 11 is 0. The molecule has 0 spiro atoms. The molecule has 0 aromatic heterocycles. The maximum Gasteiger partial charge on any atom is 0.155 e. The third-order valence-corrected chi connectivity index (χ3v) is 1.63. The SMILES string of the molecule is NCC(O)C(O)C(N)(O)CC(O)O. The minimum absolute atomic E-state index is 0.289. The molecule has 0 saturated heterocycles. The summed E-state index contributed by atoms with van der Waals surface area (Å²) in [6.45, 7) is -0.289. The summed E-state index contributed by atoms with van der Waals surface area (Å²) in [6, 6.07) is 0. The van der Waals surface area contributed by atoms with E-state index in [1.165, 1.54) is 0 Å². The largest absolute Gasteiger partial charge is 0.389 e. The van der Waals surface area contributed by atoms with E-state index >= 15 is 0 Å². The van der Waals surface area contributed by atoms with Crippen LogP contribution in [0.3, 0.4) is 0 Å². The second-order valence-electron chi connectivity index (χ2n) is 2.92. The van der Waals surface area contributed by atoms with Crippen molar-refractivity contribution in [1.82, 2.24) is 0 Å². The maximum atomic E-state index is 9.25. The molecule has 0 aliphatic carbocycles. The lowest BCUT2D eigenvalue weighted by Crippen LogP contribution is -2.58. The molecular formula is C6H16N2O5. The third kappa shape index (κ3) is 3.96. The lowest BCUT2D eigenvalue weighted by atomic mass is 9.98. The zero-order valence-corrected chi connectivity index (χ0v) is 7.04. The predicted molar refractivity (Wildman–Crippen MR) is 43.0 cm³/mol. The molecule has 7 nitrogen and oxygen atoms in total. The number of aliphatic hydroxyl groups is 5. The zero-order chi connectivity index (χ0) is 10.6. The van der Waals surface area contributed by atoms with Gasteiger partial charge in [0.1, 0.15) is 11.8 Å². The monoisotopic (exact) mass is 196 g/mol. The summed E-state index contributed by atoms with van der Waals surface area (Å²) in [4.78, 5) is 0. The lowest BCUT2D eigenvalue weighted by molar-refractivity contribution is -0.165. The quantitative estimate of drug-likeness (QED) is 0.221. The van der Waals surface area contributed by atoms with Crippen molar-refractivity contribution in [1.29, 1.82) is 0 Å². The van der Waals surface area contributed by atoms with Crippen molar-refractivity contribution in [2.45, 2.75) is 30.6 Å². The number of aliphatic hydroxyl groups excluding tert-OH is 3. The Labute approximate surface area is 75.2 Å². The summed E-state index contributed by atoms with van der Waals surface area (Å²) in [5, 5.41) is 44.4. The molecule has 0 amide bonds. The van der Waals surface area contributed by atoms with Crippen LogP contribution in [0.4, 0.5) is 0 Å². The van der Waals surface area contributed by atoms with E-state index < -0.39 is 30.6 Å². The average molecular weight is 196 g/mol. The molecular weight excluding hydrogens is 180 g/mol. The van der Waals surface area contributed by atoms with Crippen LogP contribution in [0.5, 0.6) is 0 Å². The molecule has 7 heteroatoms. The molecule has 0 aliphatic heterocycles. The summed E-state index contributed by atoms with van der Waals surface area (Å²) in [5.74, 6) is 0. The molecule has 0 aliphatic rings. The van der Waals surface area contributed by atoms with Gasteiger partial charge in [0, 0.05) is 13.0 Å². The van der Waals surface area contributed by atoms with Gasteiger partial charge in [0.25, 0.3) is 0 Å². The fourth-order valence-corrected chi connectivity index (χ4v) is 0.875. The summed E-state index contributed by atoms with van der Waals surface area (Å²) in [6.07, 6.45) is -5.67. The molecule has 0 heterocycles. The molecule has 13 heavy (non-hydrogen) atoms. The maximum absolute atomic E-state index is 9.25. The molecule has 0 fully saturated rings. The first-order valence-electron chi connectivity index (χ1n) is 3.75. The number of hydrogen-bond donors (Lipinski definition) is 7. The molecule has 9 N–H and O–H groups in total. The van der Waals surface area contributed by atoms with Crippen LogP contribution in [0, 0.1) is 0 Å². The fraction of sp³-hybridized carbons (Fsp3) is 1.00. The van der Waals surface area contributed by atoms with Crippen LogP contribution in [-0.2, 0) is 0 Å². The molecule has 0 aromatic carbocycles. The van der Waals surface area contributed by atoms with Gasteiger partial charge in [-0.2, -0.15) is 0 Å². The van der Waals surface area contributed by atoms with E-state index in [1.807, 2.05) is 0 Å². The molecule has 80 valence electrons. The second-order valence-corrected chi connectivity index (χ2v) is 2.92. The van der Waals surface area contributed by atoms with E-state index in [4.69, 9.17) is 31.9 Å². The highest BCUT2D eigenvalue weighted by molar-refractivity contribution is 4.86. The van der Waals surface area contributed by atoms with Crippen LogP contribution >= 0.6 is 0 Å². The Hall–Kier alpha value is -0.280. The van der Waals surface area contributed by atoms with Crippen molar-refractivity contribution in [3.63, 3.8) is 0 Å². The van der Waals surface area contributed by atoms with E-state index in [1.54, 1.807) is 0 Å². The number of rotatable bonds is 5. The Morgan fingerprint density at radius 1 is 1.15 bits per heavy atom. The smallest absolute Gasteiger partial charge is 0.155 e. The standard InChI is InChI=1S/C6H16N2O5/c7-2-3(9)5(12)6(8,13)1-4(10)11/h3-5,9-13H,1-2,7-8H2. The molecule has 0 aromatic rings. The van der Waals surface area contributed by atoms with Crippen molar-refractivity contribution in [2.75, 3.05) is 6.54 Å². The highest BCUT2D eigenvalue weighted by atomic mass is 16.5. The summed E-state index contributed by atoms with van der Waals surface area (Å²) in [5.41, 5.74) is 7.84. The van der Waals surface area contributed by atoms with E-state index in [0.29, 0.717) is 0 Å². The first-order chi connectivity index (χ1) is 5.81. The van der Waals surface area contributed by atoms with Gasteiger partial charge in [-0.3, -0.25) is 0 Å². The van der Waals surface area contributed by atoms with Crippen molar-refractivity contribution < 1.29 is 25.5 Å². The Kier molecular flexibility index (Phi) is 4.71. The van der Waals surface area contributed by atoms with Gasteiger partial charge in [0.2, 0.25) is 0 Å². The topological polar surface area (TPSA) is 153 Å². The fourth-order valence-electron chi connectivity index (χ4n) is 0.875. The Bertz CT molecular complexity index is 152. The van der Waals surface area contributed by atoms with Crippen LogP contribution < -0.4 is 11.5 Å². The van der Waals surface area contributed by atoms with Crippen molar-refractivity contribution in [2.24, 2.45) is 11.5 Å². The van der Waals surface area contributed by atoms with Gasteiger partial charge in [-0.15, -0.1) is 0 Å². The predicted octanol–water partition coefficient (Wildman–Crippen LogP) is -3.98. The third-order valence-electron chi connectivity index (χ3n) is 1.63. The van der Waals surface area contributed by atoms with Gasteiger partial charge < -0.3 is 37.0 Å². The van der Waals surface area contributed by atoms with Crippen LogP contribution in [0.25, 0.3) is 0 Å². The summed E-state index contributed by atoms with van der Waals surface area (Å²) in [7, 11) is 0. The number of nitrogens with two attached hydrogens (primary N) is 2.